The van der Waals surface area contributed by atoms with Gasteiger partial charge in [-0.2, -0.15) is 5.26 Å². The number of allylic oxidation sites excluding steroid dienone is 10. The minimum atomic E-state index is 0.397. The number of aliphatic imine (C=N–C) groups is 2. The zero-order valence-corrected chi connectivity index (χ0v) is 16.8. The summed E-state index contributed by atoms with van der Waals surface area (Å²) in [6, 6.07) is 9.86. The maximum atomic E-state index is 9.19. The molecule has 0 N–H and O–H groups in total. The molecule has 0 fully saturated rings. The molecule has 0 radical (unpaired) electrons. The molecule has 0 spiro atoms. The summed E-state index contributed by atoms with van der Waals surface area (Å²) in [6.07, 6.45) is 26.1. The molecule has 0 unspecified atom stereocenters. The fourth-order valence-corrected chi connectivity index (χ4v) is 2.53. The first kappa shape index (κ1) is 21.2. The van der Waals surface area contributed by atoms with Crippen molar-refractivity contribution in [1.29, 1.82) is 5.26 Å². The van der Waals surface area contributed by atoms with Crippen LogP contribution in [0.15, 0.2) is 124 Å². The van der Waals surface area contributed by atoms with Crippen LogP contribution < -0.4 is 10.6 Å². The number of fused-ring (bicyclic) bond motifs is 2. The van der Waals surface area contributed by atoms with Gasteiger partial charge < -0.3 is 9.64 Å². The topological polar surface area (TPSA) is 73.3 Å². The van der Waals surface area contributed by atoms with Crippen molar-refractivity contribution >= 4 is 18.6 Å². The molecule has 0 bridgehead atoms. The maximum absolute atomic E-state index is 9.19. The first-order valence-corrected chi connectivity index (χ1v) is 9.59. The lowest BCUT2D eigenvalue weighted by molar-refractivity contribution is 0.401. The van der Waals surface area contributed by atoms with E-state index in [0.717, 1.165) is 16.3 Å². The first-order valence-electron chi connectivity index (χ1n) is 9.59. The maximum Gasteiger partial charge on any atom is 0.114 e. The average Bonchev–Trinajstić information content (AvgIpc) is 3.24. The number of rotatable bonds is 0. The highest BCUT2D eigenvalue weighted by Gasteiger charge is 2.07. The highest BCUT2D eigenvalue weighted by atomic mass is 16.5. The van der Waals surface area contributed by atoms with Crippen LogP contribution in [0.25, 0.3) is 6.20 Å². The van der Waals surface area contributed by atoms with Gasteiger partial charge in [-0.15, -0.1) is 0 Å². The molecule has 2 aliphatic heterocycles. The molecule has 2 heterocycles. The van der Waals surface area contributed by atoms with Crippen LogP contribution in [0.4, 0.5) is 0 Å². The Labute approximate surface area is 181 Å². The second kappa shape index (κ2) is 12.1. The van der Waals surface area contributed by atoms with Gasteiger partial charge in [0.2, 0.25) is 0 Å². The standard InChI is InChI=1S/C25H21N5O/c26-17-22-9-5-7-15-30-21-28-19-24(30)12-14-27-18-23-10-3-4-11-25(23)29-13-6-1-2-8-16-31-20-22/h1-16,18-20H,21H2. The summed E-state index contributed by atoms with van der Waals surface area (Å²) in [5, 5.41) is 10.9. The Morgan fingerprint density at radius 1 is 1.03 bits per heavy atom. The monoisotopic (exact) mass is 407 g/mol. The van der Waals surface area contributed by atoms with E-state index in [9.17, 15) is 5.26 Å². The van der Waals surface area contributed by atoms with Crippen LogP contribution in [0.5, 0.6) is 0 Å². The first-order chi connectivity index (χ1) is 15.4. The Kier molecular flexibility index (Phi) is 8.31. The molecule has 1 aromatic carbocycles. The molecule has 6 heteroatoms. The average molecular weight is 407 g/mol. The fraction of sp³-hybridized carbons (Fsp3) is 0.0400. The third-order valence-corrected chi connectivity index (χ3v) is 4.04. The minimum absolute atomic E-state index is 0.397. The fourth-order valence-electron chi connectivity index (χ4n) is 2.53. The summed E-state index contributed by atoms with van der Waals surface area (Å²) >= 11 is 0. The highest BCUT2D eigenvalue weighted by Crippen LogP contribution is 2.09. The van der Waals surface area contributed by atoms with Gasteiger partial charge in [0.05, 0.1) is 22.9 Å². The lowest BCUT2D eigenvalue weighted by atomic mass is 10.3. The highest BCUT2D eigenvalue weighted by molar-refractivity contribution is 5.88. The third kappa shape index (κ3) is 7.11. The second-order valence-electron chi connectivity index (χ2n) is 6.21. The van der Waals surface area contributed by atoms with Gasteiger partial charge in [0.1, 0.15) is 19.0 Å². The Bertz CT molecular complexity index is 1200. The molecule has 0 aromatic heterocycles. The van der Waals surface area contributed by atoms with Crippen LogP contribution in [-0.4, -0.2) is 24.0 Å². The Hall–Kier alpha value is -4.50. The van der Waals surface area contributed by atoms with Crippen LogP contribution >= 0.6 is 0 Å². The molecule has 152 valence electrons. The molecular weight excluding hydrogens is 386 g/mol. The van der Waals surface area contributed by atoms with E-state index < -0.39 is 0 Å². The molecule has 0 aliphatic carbocycles. The van der Waals surface area contributed by atoms with Crippen molar-refractivity contribution in [2.24, 2.45) is 15.0 Å². The molecule has 6 nitrogen and oxygen atoms in total. The van der Waals surface area contributed by atoms with E-state index >= 15 is 0 Å². The van der Waals surface area contributed by atoms with E-state index in [-0.39, 0.29) is 0 Å². The number of para-hydroxylation sites is 1. The van der Waals surface area contributed by atoms with E-state index in [1.54, 1.807) is 49.1 Å². The molecule has 0 amide bonds. The predicted octanol–water partition coefficient (Wildman–Crippen LogP) is 3.43. The largest absolute Gasteiger partial charge is 0.471 e. The van der Waals surface area contributed by atoms with Crippen LogP contribution in [-0.2, 0) is 4.74 Å². The van der Waals surface area contributed by atoms with Crippen molar-refractivity contribution in [2.45, 2.75) is 0 Å². The summed E-state index contributed by atoms with van der Waals surface area (Å²) in [7, 11) is 0. The molecule has 0 saturated carbocycles. The quantitative estimate of drug-likeness (QED) is 0.661. The van der Waals surface area contributed by atoms with E-state index in [1.165, 1.54) is 12.5 Å². The van der Waals surface area contributed by atoms with Gasteiger partial charge in [0.15, 0.2) is 0 Å². The number of hydrogen-bond donors (Lipinski definition) is 0. The van der Waals surface area contributed by atoms with E-state index in [4.69, 9.17) is 4.74 Å². The van der Waals surface area contributed by atoms with Crippen molar-refractivity contribution in [3.05, 3.63) is 120 Å². The Morgan fingerprint density at radius 2 is 1.94 bits per heavy atom. The minimum Gasteiger partial charge on any atom is -0.471 e. The van der Waals surface area contributed by atoms with E-state index in [1.807, 2.05) is 59.7 Å². The zero-order valence-electron chi connectivity index (χ0n) is 16.8. The van der Waals surface area contributed by atoms with Gasteiger partial charge >= 0.3 is 0 Å². The van der Waals surface area contributed by atoms with Gasteiger partial charge in [0.25, 0.3) is 0 Å². The van der Waals surface area contributed by atoms with Crippen molar-refractivity contribution in [3.63, 3.8) is 0 Å². The molecular formula is C25H21N5O. The summed E-state index contributed by atoms with van der Waals surface area (Å²) in [5.41, 5.74) is 1.31. The number of nitriles is 1. The molecule has 31 heavy (non-hydrogen) atoms. The summed E-state index contributed by atoms with van der Waals surface area (Å²) in [6.45, 7) is 0.532. The Balaban J connectivity index is 1.92. The second-order valence-corrected chi connectivity index (χ2v) is 6.21. The van der Waals surface area contributed by atoms with Crippen LogP contribution in [0, 0.1) is 11.3 Å². The van der Waals surface area contributed by atoms with E-state index in [0.29, 0.717) is 12.2 Å². The number of benzene rings is 1. The number of hydrogen-bond acceptors (Lipinski definition) is 6. The summed E-state index contributed by atoms with van der Waals surface area (Å²) in [5.74, 6) is 0. The van der Waals surface area contributed by atoms with Crippen LogP contribution in [0.2, 0.25) is 0 Å². The van der Waals surface area contributed by atoms with Gasteiger partial charge in [-0.25, -0.2) is 0 Å². The lowest BCUT2D eigenvalue weighted by Crippen LogP contribution is -2.23. The normalized spacial score (nSPS) is 16.4. The van der Waals surface area contributed by atoms with Crippen molar-refractivity contribution in [2.75, 3.05) is 6.67 Å². The van der Waals surface area contributed by atoms with Crippen LogP contribution in [0.1, 0.15) is 0 Å². The van der Waals surface area contributed by atoms with Gasteiger partial charge in [-0.05, 0) is 36.4 Å². The SMILES string of the molecule is N#CC1=COC=CC=CC=CN=c2ccccc2=CN=CC=C2C=NCN2C=CC=C1. The third-order valence-electron chi connectivity index (χ3n) is 4.04. The van der Waals surface area contributed by atoms with Crippen LogP contribution in [0.3, 0.4) is 0 Å². The van der Waals surface area contributed by atoms with Gasteiger partial charge in [-0.1, -0.05) is 36.4 Å². The lowest BCUT2D eigenvalue weighted by Gasteiger charge is -2.11. The molecule has 3 rings (SSSR count). The molecule has 1 aromatic rings. The van der Waals surface area contributed by atoms with Crippen molar-refractivity contribution < 1.29 is 4.74 Å². The van der Waals surface area contributed by atoms with Crippen molar-refractivity contribution in [3.8, 4) is 6.07 Å². The smallest absolute Gasteiger partial charge is 0.114 e. The Morgan fingerprint density at radius 3 is 2.87 bits per heavy atom. The van der Waals surface area contributed by atoms with Gasteiger partial charge in [-0.3, -0.25) is 15.0 Å². The zero-order chi connectivity index (χ0) is 21.6. The van der Waals surface area contributed by atoms with Gasteiger partial charge in [0, 0.05) is 36.2 Å². The summed E-state index contributed by atoms with van der Waals surface area (Å²) < 4.78 is 5.27. The molecule has 2 aliphatic rings. The van der Waals surface area contributed by atoms with Crippen molar-refractivity contribution in [1.82, 2.24) is 4.90 Å². The number of ether oxygens (including phenoxy) is 1. The summed E-state index contributed by atoms with van der Waals surface area (Å²) in [4.78, 5) is 15.1. The predicted molar refractivity (Wildman–Crippen MR) is 124 cm³/mol. The molecule has 0 saturated heterocycles. The number of nitrogens with zero attached hydrogens (tertiary/aromatic N) is 5. The van der Waals surface area contributed by atoms with E-state index in [2.05, 4.69) is 21.0 Å². The molecule has 0 atom stereocenters.